The van der Waals surface area contributed by atoms with Crippen molar-refractivity contribution in [3.8, 4) is 22.0 Å². The molecular formula is C23H18N4S3. The summed E-state index contributed by atoms with van der Waals surface area (Å²) in [6.07, 6.45) is 0.929. The number of hydrogen-bond acceptors (Lipinski definition) is 6. The highest BCUT2D eigenvalue weighted by atomic mass is 32.2. The predicted molar refractivity (Wildman–Crippen MR) is 125 cm³/mol. The fourth-order valence-electron chi connectivity index (χ4n) is 3.16. The van der Waals surface area contributed by atoms with Crippen molar-refractivity contribution < 1.29 is 0 Å². The average Bonchev–Trinajstić information content (AvgIpc) is 3.55. The van der Waals surface area contributed by atoms with E-state index < -0.39 is 0 Å². The summed E-state index contributed by atoms with van der Waals surface area (Å²) in [5.41, 5.74) is 3.43. The largest absolute Gasteiger partial charge is 0.301 e. The molecule has 3 heterocycles. The highest BCUT2D eigenvalue weighted by Gasteiger charge is 2.17. The Labute approximate surface area is 187 Å². The molecule has 0 N–H and O–H groups in total. The van der Waals surface area contributed by atoms with E-state index in [1.165, 1.54) is 5.56 Å². The molecule has 0 radical (unpaired) electrons. The molecule has 0 aliphatic rings. The molecule has 2 aromatic carbocycles. The molecule has 7 heteroatoms. The molecule has 5 aromatic rings. The van der Waals surface area contributed by atoms with Crippen LogP contribution in [-0.2, 0) is 13.0 Å². The Morgan fingerprint density at radius 3 is 2.40 bits per heavy atom. The van der Waals surface area contributed by atoms with Gasteiger partial charge in [-0.05, 0) is 35.2 Å². The number of nitrogens with zero attached hydrogens (tertiary/aromatic N) is 4. The summed E-state index contributed by atoms with van der Waals surface area (Å²) in [5.74, 6) is 0.920. The lowest BCUT2D eigenvalue weighted by molar-refractivity contribution is 0.640. The summed E-state index contributed by atoms with van der Waals surface area (Å²) in [6.45, 7) is 0.823. The quantitative estimate of drug-likeness (QED) is 0.285. The molecule has 4 nitrogen and oxygen atoms in total. The van der Waals surface area contributed by atoms with Crippen LogP contribution in [0.2, 0.25) is 0 Å². The lowest BCUT2D eigenvalue weighted by atomic mass is 10.1. The highest BCUT2D eigenvalue weighted by Crippen LogP contribution is 2.34. The van der Waals surface area contributed by atoms with E-state index in [4.69, 9.17) is 4.98 Å². The molecule has 148 valence electrons. The minimum Gasteiger partial charge on any atom is -0.301 e. The maximum Gasteiger partial charge on any atom is 0.198 e. The van der Waals surface area contributed by atoms with Crippen molar-refractivity contribution in [2.24, 2.45) is 0 Å². The molecule has 3 aromatic heterocycles. The molecule has 0 saturated heterocycles. The Morgan fingerprint density at radius 1 is 0.833 bits per heavy atom. The summed E-state index contributed by atoms with van der Waals surface area (Å²) < 4.78 is 3.19. The van der Waals surface area contributed by atoms with Gasteiger partial charge in [0.1, 0.15) is 0 Å². The van der Waals surface area contributed by atoms with Crippen LogP contribution < -0.4 is 0 Å². The first-order valence-electron chi connectivity index (χ1n) is 9.56. The third-order valence-electron chi connectivity index (χ3n) is 4.66. The van der Waals surface area contributed by atoms with Crippen molar-refractivity contribution in [2.75, 3.05) is 0 Å². The van der Waals surface area contributed by atoms with E-state index in [-0.39, 0.29) is 0 Å². The van der Waals surface area contributed by atoms with Gasteiger partial charge in [-0.15, -0.1) is 32.9 Å². The Bertz CT molecular complexity index is 1210. The van der Waals surface area contributed by atoms with Gasteiger partial charge in [0.25, 0.3) is 0 Å². The Kier molecular flexibility index (Phi) is 5.74. The number of aromatic nitrogens is 4. The molecule has 0 aliphatic heterocycles. The molecule has 30 heavy (non-hydrogen) atoms. The SMILES string of the molecule is c1ccc(CCn2c(Sc3nc(-c4ccccc4)cs3)nnc2-c2cccs2)cc1. The lowest BCUT2D eigenvalue weighted by Crippen LogP contribution is -2.04. The molecule has 0 unspecified atom stereocenters. The second kappa shape index (κ2) is 8.95. The minimum atomic E-state index is 0.823. The second-order valence-corrected chi connectivity index (χ2v) is 9.66. The molecule has 0 spiro atoms. The van der Waals surface area contributed by atoms with Gasteiger partial charge in [-0.3, -0.25) is 0 Å². The van der Waals surface area contributed by atoms with Crippen molar-refractivity contribution in [1.29, 1.82) is 0 Å². The van der Waals surface area contributed by atoms with Crippen LogP contribution in [0.1, 0.15) is 5.56 Å². The van der Waals surface area contributed by atoms with Crippen LogP contribution in [0.25, 0.3) is 22.0 Å². The second-order valence-electron chi connectivity index (χ2n) is 6.64. The Hall–Kier alpha value is -2.74. The summed E-state index contributed by atoms with van der Waals surface area (Å²) in [6, 6.07) is 24.9. The van der Waals surface area contributed by atoms with E-state index in [1.54, 1.807) is 34.4 Å². The van der Waals surface area contributed by atoms with Gasteiger partial charge in [0.05, 0.1) is 10.6 Å². The van der Waals surface area contributed by atoms with Crippen molar-refractivity contribution in [1.82, 2.24) is 19.7 Å². The van der Waals surface area contributed by atoms with E-state index in [9.17, 15) is 0 Å². The van der Waals surface area contributed by atoms with E-state index in [1.807, 2.05) is 24.3 Å². The van der Waals surface area contributed by atoms with Crippen molar-refractivity contribution in [3.05, 3.63) is 89.1 Å². The topological polar surface area (TPSA) is 43.6 Å². The van der Waals surface area contributed by atoms with Gasteiger partial charge in [0.2, 0.25) is 0 Å². The van der Waals surface area contributed by atoms with Gasteiger partial charge in [0, 0.05) is 17.5 Å². The Morgan fingerprint density at radius 2 is 1.63 bits per heavy atom. The van der Waals surface area contributed by atoms with Crippen molar-refractivity contribution in [3.63, 3.8) is 0 Å². The van der Waals surface area contributed by atoms with E-state index in [2.05, 4.69) is 74.1 Å². The summed E-state index contributed by atoms with van der Waals surface area (Å²) in [7, 11) is 0. The maximum atomic E-state index is 4.81. The zero-order valence-corrected chi connectivity index (χ0v) is 18.5. The monoisotopic (exact) mass is 446 g/mol. The molecule has 0 aliphatic carbocycles. The number of benzene rings is 2. The summed E-state index contributed by atoms with van der Waals surface area (Å²) >= 11 is 4.91. The molecular weight excluding hydrogens is 428 g/mol. The zero-order valence-electron chi connectivity index (χ0n) is 16.0. The lowest BCUT2D eigenvalue weighted by Gasteiger charge is -2.09. The van der Waals surface area contributed by atoms with Gasteiger partial charge in [-0.25, -0.2) is 4.98 Å². The van der Waals surface area contributed by atoms with Crippen molar-refractivity contribution >= 4 is 34.4 Å². The normalized spacial score (nSPS) is 11.1. The van der Waals surface area contributed by atoms with Gasteiger partial charge in [-0.1, -0.05) is 66.7 Å². The fraction of sp³-hybridized carbons (Fsp3) is 0.0870. The van der Waals surface area contributed by atoms with Gasteiger partial charge in [-0.2, -0.15) is 0 Å². The van der Waals surface area contributed by atoms with Crippen LogP contribution in [0.5, 0.6) is 0 Å². The number of thiophene rings is 1. The Balaban J connectivity index is 1.42. The molecule has 0 amide bonds. The van der Waals surface area contributed by atoms with Crippen LogP contribution in [0.4, 0.5) is 0 Å². The van der Waals surface area contributed by atoms with Crippen LogP contribution >= 0.6 is 34.4 Å². The van der Waals surface area contributed by atoms with Crippen LogP contribution in [-0.4, -0.2) is 19.7 Å². The third kappa shape index (κ3) is 4.23. The maximum absolute atomic E-state index is 4.81. The summed E-state index contributed by atoms with van der Waals surface area (Å²) in [5, 5.41) is 14.1. The standard InChI is InChI=1S/C23H18N4S3/c1-3-8-17(9-4-1)13-14-27-21(20-12-7-15-28-20)25-26-22(27)30-23-24-19(16-29-23)18-10-5-2-6-11-18/h1-12,15-16H,13-14H2. The fourth-order valence-corrected chi connectivity index (χ4v) is 5.66. The van der Waals surface area contributed by atoms with E-state index >= 15 is 0 Å². The van der Waals surface area contributed by atoms with Crippen LogP contribution in [0.3, 0.4) is 0 Å². The van der Waals surface area contributed by atoms with Gasteiger partial charge in [0.15, 0.2) is 15.3 Å². The number of aryl methyl sites for hydroxylation is 1. The zero-order chi connectivity index (χ0) is 20.2. The number of rotatable bonds is 7. The van der Waals surface area contributed by atoms with Gasteiger partial charge < -0.3 is 4.57 Å². The minimum absolute atomic E-state index is 0.823. The predicted octanol–water partition coefficient (Wildman–Crippen LogP) is 6.52. The van der Waals surface area contributed by atoms with Crippen LogP contribution in [0.15, 0.2) is 93.1 Å². The smallest absolute Gasteiger partial charge is 0.198 e. The molecule has 0 atom stereocenters. The van der Waals surface area contributed by atoms with Crippen molar-refractivity contribution in [2.45, 2.75) is 22.5 Å². The van der Waals surface area contributed by atoms with E-state index in [0.29, 0.717) is 0 Å². The first-order chi connectivity index (χ1) is 14.9. The first kappa shape index (κ1) is 19.2. The third-order valence-corrected chi connectivity index (χ3v) is 7.45. The molecule has 0 fully saturated rings. The molecule has 0 saturated carbocycles. The molecule has 5 rings (SSSR count). The highest BCUT2D eigenvalue weighted by molar-refractivity contribution is 8.00. The number of hydrogen-bond donors (Lipinski definition) is 0. The van der Waals surface area contributed by atoms with Gasteiger partial charge >= 0.3 is 0 Å². The van der Waals surface area contributed by atoms with Crippen LogP contribution in [0, 0.1) is 0 Å². The molecule has 0 bridgehead atoms. The average molecular weight is 447 g/mol. The summed E-state index contributed by atoms with van der Waals surface area (Å²) in [4.78, 5) is 5.94. The number of thiazole rings is 1. The first-order valence-corrected chi connectivity index (χ1v) is 12.1. The van der Waals surface area contributed by atoms with E-state index in [0.717, 1.165) is 44.4 Å².